The van der Waals surface area contributed by atoms with Crippen LogP contribution in [0, 0.1) is 10.1 Å². The molecule has 0 fully saturated rings. The molecule has 2 aliphatic rings. The molecule has 0 bridgehead atoms. The monoisotopic (exact) mass is 467 g/mol. The largest absolute Gasteiger partial charge is 0.573 e. The van der Waals surface area contributed by atoms with Crippen molar-refractivity contribution in [3.8, 4) is 22.3 Å². The Bertz CT molecular complexity index is 1140. The van der Waals surface area contributed by atoms with E-state index >= 15 is 0 Å². The lowest BCUT2D eigenvalue weighted by molar-refractivity contribution is -0.389. The van der Waals surface area contributed by atoms with Crippen LogP contribution in [0.3, 0.4) is 0 Å². The zero-order chi connectivity index (χ0) is 22.7. The minimum absolute atomic E-state index is 0.236. The molecule has 4 heterocycles. The van der Waals surface area contributed by atoms with Crippen LogP contribution in [0.25, 0.3) is 10.6 Å². The van der Waals surface area contributed by atoms with Crippen LogP contribution >= 0.6 is 11.3 Å². The van der Waals surface area contributed by atoms with Crippen molar-refractivity contribution in [3.63, 3.8) is 0 Å². The van der Waals surface area contributed by atoms with Crippen molar-refractivity contribution in [3.05, 3.63) is 51.1 Å². The van der Waals surface area contributed by atoms with Crippen molar-refractivity contribution in [2.75, 3.05) is 6.54 Å². The van der Waals surface area contributed by atoms with Crippen LogP contribution in [0.5, 0.6) is 11.8 Å². The van der Waals surface area contributed by atoms with Crippen LogP contribution in [-0.2, 0) is 19.6 Å². The third-order valence-corrected chi connectivity index (χ3v) is 6.30. The topological polar surface area (TPSA) is 95.6 Å². The number of nitro groups is 1. The van der Waals surface area contributed by atoms with Crippen molar-refractivity contribution in [1.29, 1.82) is 0 Å². The number of benzene rings is 1. The Kier molecular flexibility index (Phi) is 4.64. The van der Waals surface area contributed by atoms with Gasteiger partial charge in [0.2, 0.25) is 0 Å². The summed E-state index contributed by atoms with van der Waals surface area (Å²) in [7, 11) is 0. The van der Waals surface area contributed by atoms with Gasteiger partial charge in [0.1, 0.15) is 22.6 Å². The quantitative estimate of drug-likeness (QED) is 0.414. The highest BCUT2D eigenvalue weighted by molar-refractivity contribution is 7.15. The summed E-state index contributed by atoms with van der Waals surface area (Å²) >= 11 is 1.50. The summed E-state index contributed by atoms with van der Waals surface area (Å²) in [6.45, 7) is 4.26. The van der Waals surface area contributed by atoms with Crippen LogP contribution in [0.1, 0.15) is 17.5 Å². The van der Waals surface area contributed by atoms with E-state index in [-0.39, 0.29) is 17.6 Å². The van der Waals surface area contributed by atoms with Crippen LogP contribution in [0.15, 0.2) is 30.5 Å². The second-order valence-electron chi connectivity index (χ2n) is 7.92. The Morgan fingerprint density at radius 3 is 2.66 bits per heavy atom. The molecule has 0 aliphatic carbocycles. The minimum Gasteiger partial charge on any atom is -0.436 e. The van der Waals surface area contributed by atoms with Crippen molar-refractivity contribution >= 4 is 17.2 Å². The zero-order valence-corrected chi connectivity index (χ0v) is 17.4. The SMILES string of the molecule is CC1(CN2Cc3nc(-c4ccc(OC(F)(F)F)cc4)sc3C2)Cn2cc([N+](=O)[O-])nc2O1. The third-order valence-electron chi connectivity index (χ3n) is 5.17. The minimum atomic E-state index is -4.72. The van der Waals surface area contributed by atoms with Gasteiger partial charge in [-0.2, -0.15) is 0 Å². The molecule has 2 aliphatic heterocycles. The molecule has 13 heteroatoms. The molecule has 1 aromatic carbocycles. The molecule has 0 saturated heterocycles. The van der Waals surface area contributed by atoms with Crippen LogP contribution in [-0.4, -0.2) is 42.9 Å². The predicted octanol–water partition coefficient (Wildman–Crippen LogP) is 3.98. The molecule has 3 aromatic rings. The molecule has 0 amide bonds. The molecule has 1 atom stereocenters. The number of hydrogen-bond donors (Lipinski definition) is 0. The number of ether oxygens (including phenoxy) is 2. The maximum absolute atomic E-state index is 12.3. The number of aromatic nitrogens is 3. The predicted molar refractivity (Wildman–Crippen MR) is 106 cm³/mol. The average molecular weight is 467 g/mol. The zero-order valence-electron chi connectivity index (χ0n) is 16.6. The van der Waals surface area contributed by atoms with Gasteiger partial charge in [-0.3, -0.25) is 9.47 Å². The first-order valence-corrected chi connectivity index (χ1v) is 10.4. The van der Waals surface area contributed by atoms with E-state index in [1.54, 1.807) is 16.7 Å². The summed E-state index contributed by atoms with van der Waals surface area (Å²) in [4.78, 5) is 22.1. The fourth-order valence-corrected chi connectivity index (χ4v) is 5.09. The lowest BCUT2D eigenvalue weighted by Gasteiger charge is -2.27. The van der Waals surface area contributed by atoms with E-state index in [1.807, 2.05) is 6.92 Å². The van der Waals surface area contributed by atoms with Gasteiger partial charge in [0.05, 0.1) is 12.2 Å². The molecule has 2 aromatic heterocycles. The standard InChI is InChI=1S/C19H16F3N5O4S/c1-18(10-26-8-15(27(28)29)24-17(26)31-18)9-25-6-13-14(7-25)32-16(23-13)11-2-4-12(5-3-11)30-19(20,21)22/h2-5,8H,6-7,9-10H2,1H3. The summed E-state index contributed by atoms with van der Waals surface area (Å²) in [5, 5.41) is 11.6. The Balaban J connectivity index is 1.22. The van der Waals surface area contributed by atoms with Gasteiger partial charge in [-0.15, -0.1) is 24.5 Å². The smallest absolute Gasteiger partial charge is 0.436 e. The summed E-state index contributed by atoms with van der Waals surface area (Å²) in [5.74, 6) is -0.508. The molecule has 5 rings (SSSR count). The van der Waals surface area contributed by atoms with Gasteiger partial charge in [0.15, 0.2) is 0 Å². The highest BCUT2D eigenvalue weighted by atomic mass is 32.1. The highest BCUT2D eigenvalue weighted by Crippen LogP contribution is 2.37. The lowest BCUT2D eigenvalue weighted by atomic mass is 10.1. The van der Waals surface area contributed by atoms with Gasteiger partial charge < -0.3 is 19.6 Å². The number of alkyl halides is 3. The first-order chi connectivity index (χ1) is 15.1. The van der Waals surface area contributed by atoms with Gasteiger partial charge in [-0.1, -0.05) is 0 Å². The van der Waals surface area contributed by atoms with E-state index in [2.05, 4.69) is 19.6 Å². The fourth-order valence-electron chi connectivity index (χ4n) is 3.97. The maximum Gasteiger partial charge on any atom is 0.573 e. The highest BCUT2D eigenvalue weighted by Gasteiger charge is 2.42. The first kappa shape index (κ1) is 20.7. The normalized spacial score (nSPS) is 20.1. The van der Waals surface area contributed by atoms with Crippen molar-refractivity contribution in [1.82, 2.24) is 19.4 Å². The third kappa shape index (κ3) is 4.00. The number of thiazole rings is 1. The summed E-state index contributed by atoms with van der Waals surface area (Å²) in [5.41, 5.74) is 1.09. The van der Waals surface area contributed by atoms with E-state index in [1.165, 1.54) is 29.7 Å². The Morgan fingerprint density at radius 2 is 2.03 bits per heavy atom. The molecule has 9 nitrogen and oxygen atoms in total. The number of hydrogen-bond acceptors (Lipinski definition) is 8. The molecule has 1 unspecified atom stereocenters. The number of imidazole rings is 1. The van der Waals surface area contributed by atoms with Crippen molar-refractivity contribution in [2.45, 2.75) is 38.5 Å². The number of nitrogens with zero attached hydrogens (tertiary/aromatic N) is 5. The van der Waals surface area contributed by atoms with E-state index in [4.69, 9.17) is 4.74 Å². The van der Waals surface area contributed by atoms with E-state index in [9.17, 15) is 23.3 Å². The number of rotatable bonds is 5. The molecule has 32 heavy (non-hydrogen) atoms. The number of halogens is 3. The summed E-state index contributed by atoms with van der Waals surface area (Å²) < 4.78 is 48.4. The number of fused-ring (bicyclic) bond motifs is 2. The van der Waals surface area contributed by atoms with Gasteiger partial charge in [-0.25, -0.2) is 4.98 Å². The van der Waals surface area contributed by atoms with Crippen molar-refractivity contribution < 1.29 is 27.6 Å². The maximum atomic E-state index is 12.3. The molecule has 0 N–H and O–H groups in total. The lowest BCUT2D eigenvalue weighted by Crippen LogP contribution is -2.43. The van der Waals surface area contributed by atoms with Gasteiger partial charge >= 0.3 is 18.2 Å². The molecular formula is C19H16F3N5O4S. The summed E-state index contributed by atoms with van der Waals surface area (Å²) in [6.07, 6.45) is -3.35. The van der Waals surface area contributed by atoms with Crippen molar-refractivity contribution in [2.24, 2.45) is 0 Å². The van der Waals surface area contributed by atoms with Crippen LogP contribution < -0.4 is 9.47 Å². The van der Waals surface area contributed by atoms with Gasteiger partial charge in [0, 0.05) is 35.1 Å². The van der Waals surface area contributed by atoms with E-state index in [0.717, 1.165) is 21.1 Å². The molecule has 0 radical (unpaired) electrons. The van der Waals surface area contributed by atoms with Crippen LogP contribution in [0.4, 0.5) is 19.0 Å². The van der Waals surface area contributed by atoms with Gasteiger partial charge in [0.25, 0.3) is 0 Å². The molecule has 0 saturated carbocycles. The Hall–Kier alpha value is -3.19. The van der Waals surface area contributed by atoms with E-state index in [0.29, 0.717) is 26.2 Å². The first-order valence-electron chi connectivity index (χ1n) is 9.55. The average Bonchev–Trinajstić information content (AvgIpc) is 3.39. The second-order valence-corrected chi connectivity index (χ2v) is 9.01. The van der Waals surface area contributed by atoms with E-state index < -0.39 is 16.9 Å². The second kappa shape index (κ2) is 7.17. The summed E-state index contributed by atoms with van der Waals surface area (Å²) in [6, 6.07) is 5.90. The molecular weight excluding hydrogens is 451 g/mol. The van der Waals surface area contributed by atoms with Crippen LogP contribution in [0.2, 0.25) is 0 Å². The van der Waals surface area contributed by atoms with Gasteiger partial charge in [-0.05, 0) is 36.1 Å². The Morgan fingerprint density at radius 1 is 1.28 bits per heavy atom. The molecule has 168 valence electrons. The molecule has 0 spiro atoms. The fraction of sp³-hybridized carbons (Fsp3) is 0.368. The Labute approximate surface area is 183 Å².